The van der Waals surface area contributed by atoms with Gasteiger partial charge in [0.15, 0.2) is 0 Å². The number of rotatable bonds is 9. The monoisotopic (exact) mass is 183 g/mol. The van der Waals surface area contributed by atoms with Gasteiger partial charge in [-0.2, -0.15) is 0 Å². The number of hydrogen-bond donors (Lipinski definition) is 0. The highest BCUT2D eigenvalue weighted by atomic mass is 14.1. The van der Waals surface area contributed by atoms with Gasteiger partial charge in [-0.25, -0.2) is 0 Å². The Balaban J connectivity index is 3.33. The van der Waals surface area contributed by atoms with Gasteiger partial charge in [0.25, 0.3) is 0 Å². The summed E-state index contributed by atoms with van der Waals surface area (Å²) in [6.07, 6.45) is 12.3. The molecule has 1 radical (unpaired) electrons. The molecule has 0 aromatic carbocycles. The Labute approximate surface area is 85.1 Å². The summed E-state index contributed by atoms with van der Waals surface area (Å²) in [5.41, 5.74) is 0. The lowest BCUT2D eigenvalue weighted by molar-refractivity contribution is 0.393. The smallest absolute Gasteiger partial charge is 0.0414 e. The molecule has 79 valence electrons. The van der Waals surface area contributed by atoms with Crippen molar-refractivity contribution in [2.45, 2.75) is 71.6 Å². The molecule has 0 amide bonds. The van der Waals surface area contributed by atoms with Crippen LogP contribution in [0.5, 0.6) is 0 Å². The first-order valence-electron chi connectivity index (χ1n) is 6.14. The van der Waals surface area contributed by atoms with Gasteiger partial charge in [0.2, 0.25) is 0 Å². The molecule has 0 saturated heterocycles. The van der Waals surface area contributed by atoms with Gasteiger partial charge in [0.05, 0.1) is 0 Å². The largest absolute Gasteiger partial charge is 0.0654 e. The van der Waals surface area contributed by atoms with Crippen LogP contribution in [0.15, 0.2) is 0 Å². The first-order chi connectivity index (χ1) is 6.35. The molecule has 0 aliphatic rings. The lowest BCUT2D eigenvalue weighted by atomic mass is 9.92. The maximum absolute atomic E-state index is 3.88. The van der Waals surface area contributed by atoms with Gasteiger partial charge in [-0.1, -0.05) is 78.6 Å². The molecular formula is C13H27. The molecule has 0 saturated carbocycles. The Morgan fingerprint density at radius 3 is 1.92 bits per heavy atom. The molecule has 0 spiro atoms. The molecule has 0 aromatic heterocycles. The predicted molar refractivity (Wildman–Crippen MR) is 61.7 cm³/mol. The molecule has 0 aromatic rings. The molecule has 0 heterocycles. The summed E-state index contributed by atoms with van der Waals surface area (Å²) < 4.78 is 0. The van der Waals surface area contributed by atoms with Crippen LogP contribution in [0.3, 0.4) is 0 Å². The van der Waals surface area contributed by atoms with Crippen LogP contribution in [0, 0.1) is 12.8 Å². The Kier molecular flexibility index (Phi) is 10.1. The van der Waals surface area contributed by atoms with Crippen LogP contribution in [-0.4, -0.2) is 0 Å². The van der Waals surface area contributed by atoms with Crippen molar-refractivity contribution in [2.75, 3.05) is 0 Å². The van der Waals surface area contributed by atoms with Crippen molar-refractivity contribution in [1.29, 1.82) is 0 Å². The quantitative estimate of drug-likeness (QED) is 0.442. The molecule has 0 N–H and O–H groups in total. The zero-order valence-electron chi connectivity index (χ0n) is 9.65. The zero-order valence-corrected chi connectivity index (χ0v) is 9.65. The van der Waals surface area contributed by atoms with Crippen LogP contribution in [0.1, 0.15) is 71.6 Å². The Bertz CT molecular complexity index is 80.0. The first kappa shape index (κ1) is 13.0. The van der Waals surface area contributed by atoms with E-state index in [-0.39, 0.29) is 0 Å². The van der Waals surface area contributed by atoms with Gasteiger partial charge in [-0.15, -0.1) is 0 Å². The van der Waals surface area contributed by atoms with Gasteiger partial charge in [-0.3, -0.25) is 0 Å². The molecule has 0 unspecified atom stereocenters. The van der Waals surface area contributed by atoms with Crippen LogP contribution in [-0.2, 0) is 0 Å². The average molecular weight is 183 g/mol. The molecule has 0 aliphatic carbocycles. The lowest BCUT2D eigenvalue weighted by Gasteiger charge is -2.14. The van der Waals surface area contributed by atoms with Crippen molar-refractivity contribution in [3.05, 3.63) is 6.92 Å². The van der Waals surface area contributed by atoms with Crippen LogP contribution in [0.4, 0.5) is 0 Å². The van der Waals surface area contributed by atoms with Crippen molar-refractivity contribution in [3.8, 4) is 0 Å². The molecule has 0 bridgehead atoms. The Morgan fingerprint density at radius 2 is 1.46 bits per heavy atom. The maximum atomic E-state index is 3.88. The highest BCUT2D eigenvalue weighted by molar-refractivity contribution is 4.58. The zero-order chi connectivity index (χ0) is 9.94. The van der Waals surface area contributed by atoms with E-state index < -0.39 is 0 Å². The van der Waals surface area contributed by atoms with Crippen LogP contribution < -0.4 is 0 Å². The van der Waals surface area contributed by atoms with Crippen LogP contribution in [0.25, 0.3) is 0 Å². The fourth-order valence-corrected chi connectivity index (χ4v) is 2.04. The second-order valence-corrected chi connectivity index (χ2v) is 4.15. The molecule has 13 heavy (non-hydrogen) atoms. The van der Waals surface area contributed by atoms with E-state index in [0.29, 0.717) is 0 Å². The van der Waals surface area contributed by atoms with Gasteiger partial charge >= 0.3 is 0 Å². The summed E-state index contributed by atoms with van der Waals surface area (Å²) in [4.78, 5) is 0. The predicted octanol–water partition coefficient (Wildman–Crippen LogP) is 4.99. The fourth-order valence-electron chi connectivity index (χ4n) is 2.04. The molecule has 0 aliphatic heterocycles. The summed E-state index contributed by atoms with van der Waals surface area (Å²) in [7, 11) is 0. The van der Waals surface area contributed by atoms with E-state index in [2.05, 4.69) is 20.8 Å². The molecule has 0 nitrogen and oxygen atoms in total. The second-order valence-electron chi connectivity index (χ2n) is 4.15. The van der Waals surface area contributed by atoms with E-state index in [1.54, 1.807) is 0 Å². The van der Waals surface area contributed by atoms with Crippen molar-refractivity contribution >= 4 is 0 Å². The van der Waals surface area contributed by atoms with E-state index in [0.717, 1.165) is 12.3 Å². The SMILES string of the molecule is [CH2]CCCCCC(CCC)CCC. The minimum absolute atomic E-state index is 1.01. The summed E-state index contributed by atoms with van der Waals surface area (Å²) >= 11 is 0. The van der Waals surface area contributed by atoms with Crippen LogP contribution >= 0.6 is 0 Å². The van der Waals surface area contributed by atoms with Crippen molar-refractivity contribution in [2.24, 2.45) is 5.92 Å². The van der Waals surface area contributed by atoms with Crippen molar-refractivity contribution in [3.63, 3.8) is 0 Å². The molecule has 0 rings (SSSR count). The van der Waals surface area contributed by atoms with Crippen LogP contribution in [0.2, 0.25) is 0 Å². The Hall–Kier alpha value is 0. The van der Waals surface area contributed by atoms with Gasteiger partial charge in [0.1, 0.15) is 0 Å². The third-order valence-corrected chi connectivity index (χ3v) is 2.76. The maximum Gasteiger partial charge on any atom is -0.0414 e. The number of hydrogen-bond acceptors (Lipinski definition) is 0. The van der Waals surface area contributed by atoms with E-state index >= 15 is 0 Å². The lowest BCUT2D eigenvalue weighted by Crippen LogP contribution is -1.99. The minimum atomic E-state index is 1.01. The number of unbranched alkanes of at least 4 members (excludes halogenated alkanes) is 3. The summed E-state index contributed by atoms with van der Waals surface area (Å²) in [6.45, 7) is 8.48. The fraction of sp³-hybridized carbons (Fsp3) is 0.923. The molecule has 0 heteroatoms. The summed E-state index contributed by atoms with van der Waals surface area (Å²) in [5.74, 6) is 1.01. The highest BCUT2D eigenvalue weighted by Gasteiger charge is 2.05. The van der Waals surface area contributed by atoms with Crippen molar-refractivity contribution in [1.82, 2.24) is 0 Å². The third kappa shape index (κ3) is 8.33. The van der Waals surface area contributed by atoms with Gasteiger partial charge < -0.3 is 0 Å². The van der Waals surface area contributed by atoms with Gasteiger partial charge in [-0.05, 0) is 5.92 Å². The molecular weight excluding hydrogens is 156 g/mol. The molecule has 0 atom stereocenters. The van der Waals surface area contributed by atoms with E-state index in [9.17, 15) is 0 Å². The Morgan fingerprint density at radius 1 is 0.846 bits per heavy atom. The first-order valence-corrected chi connectivity index (χ1v) is 6.14. The molecule has 0 fully saturated rings. The van der Waals surface area contributed by atoms with E-state index in [4.69, 9.17) is 0 Å². The normalized spacial score (nSPS) is 11.1. The standard InChI is InChI=1S/C13H27/c1-4-7-8-9-12-13(10-5-2)11-6-3/h13H,1,4-12H2,2-3H3. The minimum Gasteiger partial charge on any atom is -0.0654 e. The summed E-state index contributed by atoms with van der Waals surface area (Å²) in [5, 5.41) is 0. The highest BCUT2D eigenvalue weighted by Crippen LogP contribution is 2.20. The third-order valence-electron chi connectivity index (χ3n) is 2.76. The van der Waals surface area contributed by atoms with Crippen molar-refractivity contribution < 1.29 is 0 Å². The second kappa shape index (κ2) is 10.1. The topological polar surface area (TPSA) is 0 Å². The average Bonchev–Trinajstić information content (AvgIpc) is 2.13. The van der Waals surface area contributed by atoms with E-state index in [1.165, 1.54) is 51.4 Å². The van der Waals surface area contributed by atoms with Gasteiger partial charge in [0, 0.05) is 0 Å². The van der Waals surface area contributed by atoms with E-state index in [1.807, 2.05) is 0 Å². The summed E-state index contributed by atoms with van der Waals surface area (Å²) in [6, 6.07) is 0.